The van der Waals surface area contributed by atoms with Gasteiger partial charge in [0.25, 0.3) is 11.7 Å². The minimum Gasteiger partial charge on any atom is -0.507 e. The molecule has 0 aliphatic carbocycles. The van der Waals surface area contributed by atoms with E-state index < -0.39 is 17.7 Å². The Kier molecular flexibility index (Phi) is 6.99. The number of likely N-dealkylation sites (tertiary alicyclic amines) is 1. The number of nitrogens with zero attached hydrogens (tertiary/aromatic N) is 1. The lowest BCUT2D eigenvalue weighted by molar-refractivity contribution is -0.140. The lowest BCUT2D eigenvalue weighted by Gasteiger charge is -2.28. The fourth-order valence-electron chi connectivity index (χ4n) is 4.40. The number of aliphatic hydroxyl groups excluding tert-OH is 1. The number of rotatable bonds is 8. The first-order valence-corrected chi connectivity index (χ1v) is 11.3. The Balaban J connectivity index is 1.82. The quantitative estimate of drug-likeness (QED) is 0.370. The van der Waals surface area contributed by atoms with Gasteiger partial charge in [-0.15, -0.1) is 0 Å². The van der Waals surface area contributed by atoms with E-state index in [1.165, 1.54) is 4.90 Å². The fraction of sp³-hybridized carbons (Fsp3) is 0.385. The average Bonchev–Trinajstić information content (AvgIpc) is 3.45. The molecule has 33 heavy (non-hydrogen) atoms. The highest BCUT2D eigenvalue weighted by Gasteiger charge is 2.48. The molecule has 174 valence electrons. The van der Waals surface area contributed by atoms with Gasteiger partial charge in [-0.25, -0.2) is 0 Å². The molecule has 2 aromatic carbocycles. The van der Waals surface area contributed by atoms with Gasteiger partial charge in [-0.3, -0.25) is 9.59 Å². The van der Waals surface area contributed by atoms with Crippen LogP contribution in [-0.2, 0) is 14.3 Å². The predicted octanol–water partition coefficient (Wildman–Crippen LogP) is 4.08. The van der Waals surface area contributed by atoms with Gasteiger partial charge in [-0.1, -0.05) is 37.3 Å². The third-order valence-electron chi connectivity index (χ3n) is 5.98. The Hall–Kier alpha value is -3.32. The van der Waals surface area contributed by atoms with E-state index in [4.69, 9.17) is 14.2 Å². The zero-order valence-electron chi connectivity index (χ0n) is 19.0. The highest BCUT2D eigenvalue weighted by molar-refractivity contribution is 6.46. The van der Waals surface area contributed by atoms with Gasteiger partial charge in [-0.2, -0.15) is 0 Å². The van der Waals surface area contributed by atoms with E-state index in [1.54, 1.807) is 37.4 Å². The van der Waals surface area contributed by atoms with Crippen LogP contribution in [-0.4, -0.2) is 54.7 Å². The van der Waals surface area contributed by atoms with Gasteiger partial charge in [0.2, 0.25) is 0 Å². The Morgan fingerprint density at radius 3 is 2.73 bits per heavy atom. The van der Waals surface area contributed by atoms with E-state index in [9.17, 15) is 14.7 Å². The molecule has 2 atom stereocenters. The number of benzene rings is 2. The molecule has 0 bridgehead atoms. The van der Waals surface area contributed by atoms with E-state index in [0.29, 0.717) is 35.8 Å². The van der Waals surface area contributed by atoms with Crippen molar-refractivity contribution in [2.45, 2.75) is 38.3 Å². The van der Waals surface area contributed by atoms with E-state index in [1.807, 2.05) is 25.1 Å². The van der Waals surface area contributed by atoms with Crippen LogP contribution >= 0.6 is 0 Å². The van der Waals surface area contributed by atoms with Gasteiger partial charge in [-0.05, 0) is 37.5 Å². The summed E-state index contributed by atoms with van der Waals surface area (Å²) in [4.78, 5) is 27.9. The number of carbonyl (C=O) groups excluding carboxylic acids is 2. The van der Waals surface area contributed by atoms with Crippen LogP contribution < -0.4 is 9.47 Å². The van der Waals surface area contributed by atoms with E-state index in [2.05, 4.69) is 0 Å². The van der Waals surface area contributed by atoms with Crippen molar-refractivity contribution in [2.24, 2.45) is 0 Å². The molecule has 2 heterocycles. The summed E-state index contributed by atoms with van der Waals surface area (Å²) in [6.45, 7) is 3.45. The number of methoxy groups -OCH3 is 1. The minimum atomic E-state index is -0.787. The largest absolute Gasteiger partial charge is 0.507 e. The molecule has 0 radical (unpaired) electrons. The van der Waals surface area contributed by atoms with Crippen molar-refractivity contribution in [2.75, 3.05) is 26.9 Å². The van der Waals surface area contributed by atoms with Crippen molar-refractivity contribution in [3.63, 3.8) is 0 Å². The normalized spacial score (nSPS) is 22.1. The van der Waals surface area contributed by atoms with Crippen LogP contribution in [0.15, 0.2) is 54.1 Å². The molecule has 1 amide bonds. The van der Waals surface area contributed by atoms with Crippen molar-refractivity contribution in [1.29, 1.82) is 0 Å². The zero-order chi connectivity index (χ0) is 23.4. The molecule has 0 spiro atoms. The molecular weight excluding hydrogens is 422 g/mol. The van der Waals surface area contributed by atoms with Gasteiger partial charge >= 0.3 is 0 Å². The van der Waals surface area contributed by atoms with E-state index in [0.717, 1.165) is 19.3 Å². The van der Waals surface area contributed by atoms with Crippen molar-refractivity contribution < 1.29 is 28.9 Å². The summed E-state index contributed by atoms with van der Waals surface area (Å²) in [6, 6.07) is 13.4. The minimum absolute atomic E-state index is 0.0372. The summed E-state index contributed by atoms with van der Waals surface area (Å²) < 4.78 is 17.0. The third kappa shape index (κ3) is 4.59. The molecule has 2 unspecified atom stereocenters. The van der Waals surface area contributed by atoms with Crippen molar-refractivity contribution in [3.8, 4) is 11.5 Å². The van der Waals surface area contributed by atoms with E-state index >= 15 is 0 Å². The Morgan fingerprint density at radius 2 is 2.00 bits per heavy atom. The summed E-state index contributed by atoms with van der Waals surface area (Å²) in [6.07, 6.45) is 2.43. The molecule has 1 N–H and O–H groups in total. The second kappa shape index (κ2) is 10.1. The first kappa shape index (κ1) is 22.9. The highest BCUT2D eigenvalue weighted by Crippen LogP contribution is 2.43. The van der Waals surface area contributed by atoms with Gasteiger partial charge in [0.15, 0.2) is 0 Å². The van der Waals surface area contributed by atoms with Gasteiger partial charge in [0, 0.05) is 24.3 Å². The fourth-order valence-corrected chi connectivity index (χ4v) is 4.40. The molecule has 0 aromatic heterocycles. The van der Waals surface area contributed by atoms with Crippen LogP contribution in [0.3, 0.4) is 0 Å². The molecule has 7 nitrogen and oxygen atoms in total. The second-order valence-corrected chi connectivity index (χ2v) is 8.20. The lowest BCUT2D eigenvalue weighted by Crippen LogP contribution is -2.36. The summed E-state index contributed by atoms with van der Waals surface area (Å²) in [5, 5.41) is 11.3. The maximum absolute atomic E-state index is 13.2. The van der Waals surface area contributed by atoms with Crippen LogP contribution in [0.25, 0.3) is 5.76 Å². The van der Waals surface area contributed by atoms with Crippen LogP contribution in [0, 0.1) is 0 Å². The first-order chi connectivity index (χ1) is 16.0. The molecule has 2 saturated heterocycles. The highest BCUT2D eigenvalue weighted by atomic mass is 16.5. The lowest BCUT2D eigenvalue weighted by atomic mass is 9.94. The number of ether oxygens (including phenoxy) is 3. The maximum atomic E-state index is 13.2. The Morgan fingerprint density at radius 1 is 1.18 bits per heavy atom. The molecule has 2 fully saturated rings. The van der Waals surface area contributed by atoms with Gasteiger partial charge < -0.3 is 24.2 Å². The molecule has 2 aliphatic heterocycles. The number of hydrogen-bond acceptors (Lipinski definition) is 6. The smallest absolute Gasteiger partial charge is 0.295 e. The van der Waals surface area contributed by atoms with Gasteiger partial charge in [0.05, 0.1) is 31.4 Å². The first-order valence-electron chi connectivity index (χ1n) is 11.3. The predicted molar refractivity (Wildman–Crippen MR) is 123 cm³/mol. The zero-order valence-corrected chi connectivity index (χ0v) is 19.0. The molecule has 2 aromatic rings. The number of Topliss-reactive ketones (excluding diaryl/α,β-unsaturated/α-hetero) is 1. The van der Waals surface area contributed by atoms with Crippen molar-refractivity contribution in [1.82, 2.24) is 4.90 Å². The number of ketones is 1. The number of hydrogen-bond donors (Lipinski definition) is 1. The molecule has 0 saturated carbocycles. The van der Waals surface area contributed by atoms with Crippen LogP contribution in [0.4, 0.5) is 0 Å². The summed E-state index contributed by atoms with van der Waals surface area (Å²) in [7, 11) is 1.54. The summed E-state index contributed by atoms with van der Waals surface area (Å²) in [5.41, 5.74) is 1.09. The maximum Gasteiger partial charge on any atom is 0.295 e. The number of aliphatic hydroxyl groups is 1. The van der Waals surface area contributed by atoms with Crippen molar-refractivity contribution >= 4 is 17.4 Å². The number of amides is 1. The number of para-hydroxylation sites is 1. The average molecular weight is 452 g/mol. The summed E-state index contributed by atoms with van der Waals surface area (Å²) >= 11 is 0. The van der Waals surface area contributed by atoms with E-state index in [-0.39, 0.29) is 24.0 Å². The Labute approximate surface area is 193 Å². The topological polar surface area (TPSA) is 85.3 Å². The summed E-state index contributed by atoms with van der Waals surface area (Å²) in [5.74, 6) is -0.486. The SMILES string of the molecule is CCCOc1cccc(/C(O)=C2/C(=O)C(=O)N(CC3CCCO3)C2c2ccccc2OC)c1. The Bertz CT molecular complexity index is 1060. The molecule has 4 rings (SSSR count). The van der Waals surface area contributed by atoms with Gasteiger partial charge in [0.1, 0.15) is 17.3 Å². The molecule has 7 heteroatoms. The third-order valence-corrected chi connectivity index (χ3v) is 5.98. The van der Waals surface area contributed by atoms with Crippen LogP contribution in [0.1, 0.15) is 43.4 Å². The van der Waals surface area contributed by atoms with Crippen LogP contribution in [0.5, 0.6) is 11.5 Å². The monoisotopic (exact) mass is 451 g/mol. The molecule has 2 aliphatic rings. The number of carbonyl (C=O) groups is 2. The van der Waals surface area contributed by atoms with Crippen molar-refractivity contribution in [3.05, 3.63) is 65.2 Å². The second-order valence-electron chi connectivity index (χ2n) is 8.20. The van der Waals surface area contributed by atoms with Crippen LogP contribution in [0.2, 0.25) is 0 Å². The standard InChI is InChI=1S/C26H29NO6/c1-3-13-32-18-9-6-8-17(15-18)24(28)22-23(20-11-4-5-12-21(20)31-2)27(26(30)25(22)29)16-19-10-7-14-33-19/h4-6,8-9,11-12,15,19,23,28H,3,7,10,13-14,16H2,1-2H3/b24-22-. The molecular formula is C26H29NO6.